The highest BCUT2D eigenvalue weighted by atomic mass is 16.5. The summed E-state index contributed by atoms with van der Waals surface area (Å²) in [5.41, 5.74) is 5.68. The molecule has 1 fully saturated rings. The van der Waals surface area contributed by atoms with E-state index in [2.05, 4.69) is 12.2 Å². The highest BCUT2D eigenvalue weighted by Gasteiger charge is 2.26. The average molecular weight is 333 g/mol. The molecule has 0 radical (unpaired) electrons. The summed E-state index contributed by atoms with van der Waals surface area (Å²) in [5.74, 6) is -0.775. The van der Waals surface area contributed by atoms with Crippen LogP contribution in [0.5, 0.6) is 0 Å². The standard InChI is InChI=1S/C17H23N3O4/c1-2-14-8-3-4-9-20(14)15(21)11-24-16(22)12-6-5-7-13(10-12)19-17(18)23/h5-7,10,14H,2-4,8-9,11H2,1H3,(H3,18,19,23)/t14-/m1/s1. The van der Waals surface area contributed by atoms with Crippen LogP contribution in [0.25, 0.3) is 0 Å². The topological polar surface area (TPSA) is 102 Å². The molecule has 1 heterocycles. The van der Waals surface area contributed by atoms with Crippen LogP contribution in [-0.2, 0) is 9.53 Å². The first-order valence-electron chi connectivity index (χ1n) is 8.14. The summed E-state index contributed by atoms with van der Waals surface area (Å²) >= 11 is 0. The number of urea groups is 1. The molecule has 7 heteroatoms. The first kappa shape index (κ1) is 17.8. The summed E-state index contributed by atoms with van der Waals surface area (Å²) in [7, 11) is 0. The number of likely N-dealkylation sites (tertiary alicyclic amines) is 1. The van der Waals surface area contributed by atoms with Crippen molar-refractivity contribution in [1.29, 1.82) is 0 Å². The van der Waals surface area contributed by atoms with Gasteiger partial charge in [-0.05, 0) is 43.9 Å². The number of amides is 3. The molecule has 3 N–H and O–H groups in total. The van der Waals surface area contributed by atoms with Crippen LogP contribution in [0.4, 0.5) is 10.5 Å². The molecule has 2 rings (SSSR count). The Labute approximate surface area is 141 Å². The van der Waals surface area contributed by atoms with E-state index >= 15 is 0 Å². The molecule has 0 aliphatic carbocycles. The highest BCUT2D eigenvalue weighted by Crippen LogP contribution is 2.19. The first-order valence-corrected chi connectivity index (χ1v) is 8.14. The largest absolute Gasteiger partial charge is 0.452 e. The van der Waals surface area contributed by atoms with Crippen molar-refractivity contribution < 1.29 is 19.1 Å². The zero-order valence-corrected chi connectivity index (χ0v) is 13.8. The van der Waals surface area contributed by atoms with Crippen LogP contribution in [0.2, 0.25) is 0 Å². The molecular formula is C17H23N3O4. The molecule has 1 aromatic carbocycles. The molecule has 7 nitrogen and oxygen atoms in total. The molecule has 1 aromatic rings. The van der Waals surface area contributed by atoms with E-state index in [1.807, 2.05) is 4.90 Å². The lowest BCUT2D eigenvalue weighted by Crippen LogP contribution is -2.45. The second kappa shape index (κ2) is 8.33. The quantitative estimate of drug-likeness (QED) is 0.806. The zero-order chi connectivity index (χ0) is 17.5. The van der Waals surface area contributed by atoms with Crippen LogP contribution < -0.4 is 11.1 Å². The summed E-state index contributed by atoms with van der Waals surface area (Å²) in [6, 6.07) is 5.72. The van der Waals surface area contributed by atoms with Gasteiger partial charge in [-0.3, -0.25) is 4.79 Å². The number of benzene rings is 1. The number of nitrogens with two attached hydrogens (primary N) is 1. The molecule has 1 aliphatic rings. The lowest BCUT2D eigenvalue weighted by molar-refractivity contribution is -0.138. The number of nitrogens with zero attached hydrogens (tertiary/aromatic N) is 1. The van der Waals surface area contributed by atoms with Gasteiger partial charge in [-0.2, -0.15) is 0 Å². The normalized spacial score (nSPS) is 17.2. The van der Waals surface area contributed by atoms with Crippen LogP contribution in [0.15, 0.2) is 24.3 Å². The number of carbonyl (C=O) groups is 3. The van der Waals surface area contributed by atoms with Crippen LogP contribution in [0.1, 0.15) is 43.0 Å². The third-order valence-electron chi connectivity index (χ3n) is 4.11. The Bertz CT molecular complexity index is 618. The number of anilines is 1. The van der Waals surface area contributed by atoms with E-state index in [-0.39, 0.29) is 24.1 Å². The van der Waals surface area contributed by atoms with Gasteiger partial charge < -0.3 is 20.7 Å². The van der Waals surface area contributed by atoms with Crippen molar-refractivity contribution >= 4 is 23.6 Å². The minimum Gasteiger partial charge on any atom is -0.452 e. The van der Waals surface area contributed by atoms with E-state index in [9.17, 15) is 14.4 Å². The van der Waals surface area contributed by atoms with Gasteiger partial charge in [0.1, 0.15) is 0 Å². The van der Waals surface area contributed by atoms with Gasteiger partial charge in [0.2, 0.25) is 0 Å². The molecule has 3 amide bonds. The first-order chi connectivity index (χ1) is 11.5. The van der Waals surface area contributed by atoms with Crippen molar-refractivity contribution in [2.75, 3.05) is 18.5 Å². The van der Waals surface area contributed by atoms with E-state index in [0.717, 1.165) is 25.7 Å². The summed E-state index contributed by atoms with van der Waals surface area (Å²) in [6.07, 6.45) is 4.01. The van der Waals surface area contributed by atoms with Crippen LogP contribution in [0, 0.1) is 0 Å². The fourth-order valence-corrected chi connectivity index (χ4v) is 2.91. The minimum atomic E-state index is -0.716. The average Bonchev–Trinajstić information content (AvgIpc) is 2.59. The van der Waals surface area contributed by atoms with Crippen molar-refractivity contribution in [2.45, 2.75) is 38.6 Å². The number of piperidine rings is 1. The second-order valence-corrected chi connectivity index (χ2v) is 5.79. The molecule has 0 bridgehead atoms. The molecule has 0 saturated carbocycles. The monoisotopic (exact) mass is 333 g/mol. The van der Waals surface area contributed by atoms with Crippen LogP contribution in [-0.4, -0.2) is 42.0 Å². The van der Waals surface area contributed by atoms with Gasteiger partial charge >= 0.3 is 12.0 Å². The van der Waals surface area contributed by atoms with Crippen molar-refractivity contribution in [1.82, 2.24) is 4.90 Å². The second-order valence-electron chi connectivity index (χ2n) is 5.79. The molecule has 1 saturated heterocycles. The zero-order valence-electron chi connectivity index (χ0n) is 13.8. The number of primary amides is 1. The molecule has 1 aliphatic heterocycles. The number of ether oxygens (including phenoxy) is 1. The Morgan fingerprint density at radius 2 is 2.12 bits per heavy atom. The lowest BCUT2D eigenvalue weighted by Gasteiger charge is -2.35. The maximum absolute atomic E-state index is 12.3. The predicted molar refractivity (Wildman–Crippen MR) is 89.6 cm³/mol. The van der Waals surface area contributed by atoms with E-state index in [1.165, 1.54) is 6.07 Å². The fourth-order valence-electron chi connectivity index (χ4n) is 2.91. The Hall–Kier alpha value is -2.57. The molecule has 0 aromatic heterocycles. The SMILES string of the molecule is CC[C@@H]1CCCCN1C(=O)COC(=O)c1cccc(NC(N)=O)c1. The van der Waals surface area contributed by atoms with E-state index in [0.29, 0.717) is 12.2 Å². The van der Waals surface area contributed by atoms with Crippen molar-refractivity contribution in [2.24, 2.45) is 5.73 Å². The Kier molecular flexibility index (Phi) is 6.17. The molecule has 24 heavy (non-hydrogen) atoms. The van der Waals surface area contributed by atoms with Gasteiger partial charge in [-0.25, -0.2) is 9.59 Å². The third kappa shape index (κ3) is 4.71. The maximum Gasteiger partial charge on any atom is 0.338 e. The van der Waals surface area contributed by atoms with E-state index in [4.69, 9.17) is 10.5 Å². The van der Waals surface area contributed by atoms with Gasteiger partial charge in [0.25, 0.3) is 5.91 Å². The fraction of sp³-hybridized carbons (Fsp3) is 0.471. The molecular weight excluding hydrogens is 310 g/mol. The summed E-state index contributed by atoms with van der Waals surface area (Å²) in [6.45, 7) is 2.50. The minimum absolute atomic E-state index is 0.165. The number of esters is 1. The summed E-state index contributed by atoms with van der Waals surface area (Å²) in [5, 5.41) is 2.39. The summed E-state index contributed by atoms with van der Waals surface area (Å²) in [4.78, 5) is 37.0. The van der Waals surface area contributed by atoms with Gasteiger partial charge in [-0.1, -0.05) is 13.0 Å². The molecule has 0 unspecified atom stereocenters. The smallest absolute Gasteiger partial charge is 0.338 e. The molecule has 0 spiro atoms. The van der Waals surface area contributed by atoms with Crippen molar-refractivity contribution in [3.63, 3.8) is 0 Å². The Balaban J connectivity index is 1.92. The lowest BCUT2D eigenvalue weighted by atomic mass is 10.00. The number of nitrogens with one attached hydrogen (secondary N) is 1. The van der Waals surface area contributed by atoms with Crippen molar-refractivity contribution in [3.8, 4) is 0 Å². The van der Waals surface area contributed by atoms with Gasteiger partial charge in [0.05, 0.1) is 5.56 Å². The Morgan fingerprint density at radius 3 is 2.83 bits per heavy atom. The maximum atomic E-state index is 12.3. The number of carbonyl (C=O) groups excluding carboxylic acids is 3. The van der Waals surface area contributed by atoms with E-state index < -0.39 is 12.0 Å². The highest BCUT2D eigenvalue weighted by molar-refractivity contribution is 5.94. The van der Waals surface area contributed by atoms with Gasteiger partial charge in [0, 0.05) is 18.3 Å². The third-order valence-corrected chi connectivity index (χ3v) is 4.11. The number of hydrogen-bond donors (Lipinski definition) is 2. The van der Waals surface area contributed by atoms with Gasteiger partial charge in [-0.15, -0.1) is 0 Å². The Morgan fingerprint density at radius 1 is 1.33 bits per heavy atom. The molecule has 130 valence electrons. The number of hydrogen-bond acceptors (Lipinski definition) is 4. The van der Waals surface area contributed by atoms with Crippen LogP contribution in [0.3, 0.4) is 0 Å². The van der Waals surface area contributed by atoms with Crippen LogP contribution >= 0.6 is 0 Å². The number of rotatable bonds is 5. The van der Waals surface area contributed by atoms with Gasteiger partial charge in [0.15, 0.2) is 6.61 Å². The van der Waals surface area contributed by atoms with Crippen molar-refractivity contribution in [3.05, 3.63) is 29.8 Å². The summed E-state index contributed by atoms with van der Waals surface area (Å²) < 4.78 is 5.12. The molecule has 1 atom stereocenters. The van der Waals surface area contributed by atoms with E-state index in [1.54, 1.807) is 18.2 Å². The predicted octanol–water partition coefficient (Wildman–Crippen LogP) is 2.13.